The number of hydrogen-bond acceptors (Lipinski definition) is 7. The second kappa shape index (κ2) is 13.1. The van der Waals surface area contributed by atoms with E-state index in [9.17, 15) is 14.7 Å². The Balaban J connectivity index is 1.18. The normalized spacial score (nSPS) is 23.8. The van der Waals surface area contributed by atoms with E-state index in [1.807, 2.05) is 85.8 Å². The zero-order chi connectivity index (χ0) is 34.3. The number of rotatable bonds is 10. The van der Waals surface area contributed by atoms with E-state index in [1.54, 1.807) is 28.9 Å². The number of fused-ring (bicyclic) bond motifs is 2. The van der Waals surface area contributed by atoms with Crippen LogP contribution in [0, 0.1) is 5.92 Å². The van der Waals surface area contributed by atoms with E-state index in [0.29, 0.717) is 43.6 Å². The van der Waals surface area contributed by atoms with Gasteiger partial charge in [0.25, 0.3) is 5.91 Å². The van der Waals surface area contributed by atoms with Crippen molar-refractivity contribution < 1.29 is 23.5 Å². The monoisotopic (exact) mass is 680 g/mol. The molecule has 1 spiro atoms. The summed E-state index contributed by atoms with van der Waals surface area (Å²) >= 11 is 0. The fourth-order valence-electron chi connectivity index (χ4n) is 7.93. The van der Waals surface area contributed by atoms with Crippen LogP contribution in [0.25, 0.3) is 0 Å². The zero-order valence-corrected chi connectivity index (χ0v) is 29.0. The van der Waals surface area contributed by atoms with Crippen molar-refractivity contribution in [2.75, 3.05) is 16.5 Å². The molecule has 4 heterocycles. The summed E-state index contributed by atoms with van der Waals surface area (Å²) in [4.78, 5) is 29.6. The molecule has 0 aliphatic carbocycles. The summed E-state index contributed by atoms with van der Waals surface area (Å²) in [7, 11) is -3.32. The molecule has 49 heavy (non-hydrogen) atoms. The number of hydrogen-bond donors (Lipinski definition) is 1. The van der Waals surface area contributed by atoms with Crippen LogP contribution < -0.4 is 9.91 Å². The highest BCUT2D eigenvalue weighted by Gasteiger charge is 2.66. The van der Waals surface area contributed by atoms with Gasteiger partial charge in [-0.3, -0.25) is 14.3 Å². The summed E-state index contributed by atoms with van der Waals surface area (Å²) in [6, 6.07) is 25.1. The minimum atomic E-state index is -3.32. The highest BCUT2D eigenvalue weighted by atomic mass is 28.4. The molecule has 3 aliphatic heterocycles. The first-order chi connectivity index (χ1) is 23.6. The highest BCUT2D eigenvalue weighted by molar-refractivity contribution is 6.72. The summed E-state index contributed by atoms with van der Waals surface area (Å²) in [6.45, 7) is 6.02. The van der Waals surface area contributed by atoms with Crippen LogP contribution in [0.5, 0.6) is 0 Å². The number of carbonyl (C=O) groups excluding carboxylic acids is 2. The number of aryl methyl sites for hydroxylation is 1. The summed E-state index contributed by atoms with van der Waals surface area (Å²) in [5.74, 6) is -0.703. The first-order valence-corrected chi connectivity index (χ1v) is 19.9. The van der Waals surface area contributed by atoms with Crippen molar-refractivity contribution in [1.82, 2.24) is 15.0 Å². The quantitative estimate of drug-likeness (QED) is 0.169. The second-order valence-corrected chi connectivity index (χ2v) is 17.5. The van der Waals surface area contributed by atoms with E-state index in [4.69, 9.17) is 9.84 Å². The third kappa shape index (κ3) is 6.02. The summed E-state index contributed by atoms with van der Waals surface area (Å²) in [5.41, 5.74) is 3.71. The van der Waals surface area contributed by atoms with Crippen LogP contribution in [0.4, 0.5) is 15.5 Å². The van der Waals surface area contributed by atoms with E-state index in [2.05, 4.69) is 10.3 Å². The van der Waals surface area contributed by atoms with Gasteiger partial charge in [-0.15, -0.1) is 5.10 Å². The maximum atomic E-state index is 16.2. The Bertz CT molecular complexity index is 1890. The van der Waals surface area contributed by atoms with Gasteiger partial charge in [0.2, 0.25) is 14.3 Å². The molecule has 0 radical (unpaired) electrons. The topological polar surface area (TPSA) is 113 Å². The standard InChI is InChI=1S/C37H41FN6O4Si/c1-25-35(49(2,3)38)33(18-20-42-24-28(19-21-45)39-41-42)48-37(25)30-14-7-8-15-32(30)43(36(37)47)23-26-10-9-13-29(22-26)44-34(46)17-16-31(40-44)27-11-5-4-6-12-27/h4-15,22,24-25,33,35,45H,16-21,23H2,1-3H3/t25-,33+,35-,37+/m1/s1. The Morgan fingerprint density at radius 1 is 1.02 bits per heavy atom. The van der Waals surface area contributed by atoms with Crippen LogP contribution in [-0.4, -0.2) is 58.7 Å². The van der Waals surface area contributed by atoms with Crippen molar-refractivity contribution in [2.24, 2.45) is 11.0 Å². The van der Waals surface area contributed by atoms with Crippen molar-refractivity contribution in [3.63, 3.8) is 0 Å². The van der Waals surface area contributed by atoms with Crippen molar-refractivity contribution >= 4 is 37.3 Å². The predicted molar refractivity (Wildman–Crippen MR) is 187 cm³/mol. The van der Waals surface area contributed by atoms with E-state index in [1.165, 1.54) is 5.01 Å². The summed E-state index contributed by atoms with van der Waals surface area (Å²) < 4.78 is 24.8. The second-order valence-electron chi connectivity index (χ2n) is 13.7. The van der Waals surface area contributed by atoms with Gasteiger partial charge in [0.1, 0.15) is 0 Å². The van der Waals surface area contributed by atoms with Gasteiger partial charge in [0.15, 0.2) is 5.60 Å². The highest BCUT2D eigenvalue weighted by Crippen LogP contribution is 2.60. The molecule has 1 N–H and O–H groups in total. The number of para-hydroxylation sites is 1. The number of carbonyl (C=O) groups is 2. The molecule has 0 bridgehead atoms. The van der Waals surface area contributed by atoms with Crippen LogP contribution in [0.1, 0.15) is 48.6 Å². The summed E-state index contributed by atoms with van der Waals surface area (Å²) in [5, 5.41) is 23.7. The Labute approximate surface area is 286 Å². The number of hydrazone groups is 1. The molecule has 1 aromatic heterocycles. The van der Waals surface area contributed by atoms with Gasteiger partial charge >= 0.3 is 0 Å². The molecule has 10 nitrogen and oxygen atoms in total. The van der Waals surface area contributed by atoms with Crippen LogP contribution in [0.15, 0.2) is 90.2 Å². The molecule has 0 saturated carbocycles. The molecule has 2 amide bonds. The maximum absolute atomic E-state index is 16.2. The van der Waals surface area contributed by atoms with Crippen LogP contribution in [-0.2, 0) is 39.4 Å². The third-order valence-electron chi connectivity index (χ3n) is 10.1. The van der Waals surface area contributed by atoms with Crippen molar-refractivity contribution in [3.8, 4) is 0 Å². The Kier molecular flexibility index (Phi) is 8.80. The van der Waals surface area contributed by atoms with Gasteiger partial charge in [0.05, 0.1) is 35.4 Å². The molecular formula is C37H41FN6O4Si. The maximum Gasteiger partial charge on any atom is 0.264 e. The smallest absolute Gasteiger partial charge is 0.264 e. The number of nitrogens with zero attached hydrogens (tertiary/aromatic N) is 6. The van der Waals surface area contributed by atoms with E-state index < -0.39 is 31.6 Å². The third-order valence-corrected chi connectivity index (χ3v) is 12.6. The van der Waals surface area contributed by atoms with E-state index in [-0.39, 0.29) is 25.0 Å². The van der Waals surface area contributed by atoms with Crippen molar-refractivity contribution in [2.45, 2.75) is 76.0 Å². The first kappa shape index (κ1) is 33.0. The Morgan fingerprint density at radius 3 is 2.57 bits per heavy atom. The molecule has 7 rings (SSSR count). The first-order valence-electron chi connectivity index (χ1n) is 16.9. The SMILES string of the molecule is C[C@@H]1[C@@H]([Si](C)(C)F)[C@H](CCn2cc(CCO)nn2)O[C@@]12C(=O)N(Cc1cccc(N3N=C(c4ccccc4)CCC3=O)c1)c1ccccc12. The number of anilines is 2. The minimum Gasteiger partial charge on any atom is -0.396 e. The van der Waals surface area contributed by atoms with Gasteiger partial charge in [-0.2, -0.15) is 5.10 Å². The molecule has 12 heteroatoms. The van der Waals surface area contributed by atoms with Crippen molar-refractivity contribution in [3.05, 3.63) is 107 Å². The predicted octanol–water partition coefficient (Wildman–Crippen LogP) is 5.76. The molecule has 3 aromatic carbocycles. The largest absolute Gasteiger partial charge is 0.396 e. The molecule has 3 aliphatic rings. The van der Waals surface area contributed by atoms with E-state index in [0.717, 1.165) is 28.1 Å². The molecule has 254 valence electrons. The molecule has 4 aromatic rings. The zero-order valence-electron chi connectivity index (χ0n) is 28.0. The number of aliphatic hydroxyl groups excluding tert-OH is 1. The minimum absolute atomic E-state index is 0.0179. The van der Waals surface area contributed by atoms with Gasteiger partial charge in [0, 0.05) is 55.6 Å². The van der Waals surface area contributed by atoms with Crippen LogP contribution in [0.2, 0.25) is 18.6 Å². The fourth-order valence-corrected chi connectivity index (χ4v) is 10.5. The lowest BCUT2D eigenvalue weighted by Gasteiger charge is -2.31. The number of aliphatic hydroxyl groups is 1. The van der Waals surface area contributed by atoms with E-state index >= 15 is 4.11 Å². The molecule has 4 atom stereocenters. The Morgan fingerprint density at radius 2 is 1.80 bits per heavy atom. The average Bonchev–Trinajstić information content (AvgIpc) is 3.74. The van der Waals surface area contributed by atoms with Crippen LogP contribution in [0.3, 0.4) is 0 Å². The number of amides is 2. The molecule has 1 saturated heterocycles. The molecular weight excluding hydrogens is 640 g/mol. The number of ether oxygens (including phenoxy) is 1. The number of aromatic nitrogens is 3. The number of halogens is 1. The Hall–Kier alpha value is -4.52. The van der Waals surface area contributed by atoms with Gasteiger partial charge in [-0.25, -0.2) is 5.01 Å². The van der Waals surface area contributed by atoms with Gasteiger partial charge < -0.3 is 18.9 Å². The number of benzene rings is 3. The summed E-state index contributed by atoms with van der Waals surface area (Å²) in [6.07, 6.45) is 3.08. The lowest BCUT2D eigenvalue weighted by atomic mass is 9.82. The fraction of sp³-hybridized carbons (Fsp3) is 0.378. The lowest BCUT2D eigenvalue weighted by Crippen LogP contribution is -2.45. The van der Waals surface area contributed by atoms with Crippen molar-refractivity contribution in [1.29, 1.82) is 0 Å². The van der Waals surface area contributed by atoms with Gasteiger partial charge in [-0.1, -0.05) is 72.8 Å². The molecule has 0 unspecified atom stereocenters. The van der Waals surface area contributed by atoms with Crippen LogP contribution >= 0.6 is 0 Å². The van der Waals surface area contributed by atoms with Gasteiger partial charge in [-0.05, 0) is 48.8 Å². The molecule has 1 fully saturated rings. The average molecular weight is 681 g/mol. The lowest BCUT2D eigenvalue weighted by molar-refractivity contribution is -0.146.